The van der Waals surface area contributed by atoms with Crippen LogP contribution in [0.1, 0.15) is 18.1 Å². The van der Waals surface area contributed by atoms with Crippen LogP contribution in [0.4, 0.5) is 5.69 Å². The maximum atomic E-state index is 12.5. The van der Waals surface area contributed by atoms with E-state index in [2.05, 4.69) is 12.2 Å². The monoisotopic (exact) mass is 297 g/mol. The van der Waals surface area contributed by atoms with Crippen LogP contribution in [0.15, 0.2) is 42.5 Å². The normalized spacial score (nSPS) is 16.2. The second-order valence-electron chi connectivity index (χ2n) is 5.32. The highest BCUT2D eigenvalue weighted by atomic mass is 16.6. The third-order valence-electron chi connectivity index (χ3n) is 3.79. The highest BCUT2D eigenvalue weighted by molar-refractivity contribution is 5.96. The number of carbonyl (C=O) groups is 1. The van der Waals surface area contributed by atoms with Gasteiger partial charge in [0, 0.05) is 5.69 Å². The number of carbonyl (C=O) groups excluding carboxylic acids is 1. The number of fused-ring (bicyclic) bond motifs is 1. The predicted octanol–water partition coefficient (Wildman–Crippen LogP) is 3.34. The summed E-state index contributed by atoms with van der Waals surface area (Å²) in [7, 11) is 0. The highest BCUT2D eigenvalue weighted by Gasteiger charge is 2.27. The van der Waals surface area contributed by atoms with Gasteiger partial charge in [0.05, 0.1) is 0 Å². The van der Waals surface area contributed by atoms with Crippen molar-refractivity contribution < 1.29 is 14.3 Å². The van der Waals surface area contributed by atoms with E-state index in [-0.39, 0.29) is 12.5 Å². The summed E-state index contributed by atoms with van der Waals surface area (Å²) in [6.07, 6.45) is 0.224. The molecule has 2 aromatic rings. The molecule has 1 aliphatic heterocycles. The largest absolute Gasteiger partial charge is 0.485 e. The van der Waals surface area contributed by atoms with Crippen molar-refractivity contribution in [2.45, 2.75) is 26.4 Å². The summed E-state index contributed by atoms with van der Waals surface area (Å²) in [6, 6.07) is 13.4. The van der Waals surface area contributed by atoms with Gasteiger partial charge in [-0.1, -0.05) is 37.3 Å². The second kappa shape index (κ2) is 6.10. The van der Waals surface area contributed by atoms with Crippen molar-refractivity contribution in [1.29, 1.82) is 0 Å². The molecule has 1 heterocycles. The molecule has 0 saturated heterocycles. The molecule has 4 heteroatoms. The van der Waals surface area contributed by atoms with E-state index in [9.17, 15) is 4.79 Å². The zero-order chi connectivity index (χ0) is 15.5. The van der Waals surface area contributed by atoms with Gasteiger partial charge in [-0.3, -0.25) is 4.79 Å². The lowest BCUT2D eigenvalue weighted by molar-refractivity contribution is -0.125. The van der Waals surface area contributed by atoms with Crippen LogP contribution >= 0.6 is 0 Å². The van der Waals surface area contributed by atoms with Crippen LogP contribution in [0.5, 0.6) is 11.5 Å². The number of ether oxygens (including phenoxy) is 2. The van der Waals surface area contributed by atoms with E-state index in [1.165, 1.54) is 0 Å². The Morgan fingerprint density at radius 2 is 1.95 bits per heavy atom. The molecule has 0 radical (unpaired) electrons. The average Bonchev–Trinajstić information content (AvgIpc) is 2.56. The van der Waals surface area contributed by atoms with Crippen LogP contribution in [0.2, 0.25) is 0 Å². The van der Waals surface area contributed by atoms with Crippen LogP contribution in [0.3, 0.4) is 0 Å². The lowest BCUT2D eigenvalue weighted by atomic mass is 10.1. The molecule has 1 amide bonds. The molecule has 0 aliphatic carbocycles. The lowest BCUT2D eigenvalue weighted by Gasteiger charge is -2.26. The molecule has 4 nitrogen and oxygen atoms in total. The SMILES string of the molecule is CCc1cccc(C)c1NC(=O)[C@H]1COc2ccccc2O1. The minimum atomic E-state index is -0.640. The first-order valence-electron chi connectivity index (χ1n) is 7.47. The van der Waals surface area contributed by atoms with Gasteiger partial charge < -0.3 is 14.8 Å². The number of rotatable bonds is 3. The van der Waals surface area contributed by atoms with E-state index in [1.54, 1.807) is 6.07 Å². The molecule has 1 aliphatic rings. The van der Waals surface area contributed by atoms with Crippen molar-refractivity contribution in [3.63, 3.8) is 0 Å². The van der Waals surface area contributed by atoms with Gasteiger partial charge in [-0.25, -0.2) is 0 Å². The standard InChI is InChI=1S/C18H19NO3/c1-3-13-8-6-7-12(2)17(13)19-18(20)16-11-21-14-9-4-5-10-15(14)22-16/h4-10,16H,3,11H2,1-2H3,(H,19,20)/t16-/m1/s1. The Labute approximate surface area is 130 Å². The van der Waals surface area contributed by atoms with Crippen LogP contribution < -0.4 is 14.8 Å². The van der Waals surface area contributed by atoms with Crippen LogP contribution in [-0.4, -0.2) is 18.6 Å². The molecule has 1 N–H and O–H groups in total. The second-order valence-corrected chi connectivity index (χ2v) is 5.32. The molecule has 114 valence electrons. The fraction of sp³-hybridized carbons (Fsp3) is 0.278. The quantitative estimate of drug-likeness (QED) is 0.945. The van der Waals surface area contributed by atoms with E-state index >= 15 is 0 Å². The zero-order valence-corrected chi connectivity index (χ0v) is 12.8. The van der Waals surface area contributed by atoms with Crippen LogP contribution in [0.25, 0.3) is 0 Å². The number of anilines is 1. The molecule has 3 rings (SSSR count). The molecule has 0 spiro atoms. The molecule has 0 fully saturated rings. The fourth-order valence-corrected chi connectivity index (χ4v) is 2.55. The Bertz CT molecular complexity index is 696. The van der Waals surface area contributed by atoms with E-state index in [4.69, 9.17) is 9.47 Å². The Morgan fingerprint density at radius 3 is 2.73 bits per heavy atom. The lowest BCUT2D eigenvalue weighted by Crippen LogP contribution is -2.40. The molecular formula is C18H19NO3. The van der Waals surface area contributed by atoms with Gasteiger partial charge in [-0.2, -0.15) is 0 Å². The summed E-state index contributed by atoms with van der Waals surface area (Å²) in [6.45, 7) is 4.28. The first-order chi connectivity index (χ1) is 10.7. The van der Waals surface area contributed by atoms with Gasteiger partial charge in [0.1, 0.15) is 6.61 Å². The zero-order valence-electron chi connectivity index (χ0n) is 12.8. The molecular weight excluding hydrogens is 278 g/mol. The fourth-order valence-electron chi connectivity index (χ4n) is 2.55. The summed E-state index contributed by atoms with van der Waals surface area (Å²) in [4.78, 5) is 12.5. The molecule has 0 unspecified atom stereocenters. The minimum Gasteiger partial charge on any atom is -0.485 e. The Balaban J connectivity index is 1.77. The summed E-state index contributed by atoms with van der Waals surface area (Å²) in [5.41, 5.74) is 3.03. The summed E-state index contributed by atoms with van der Waals surface area (Å²) in [5, 5.41) is 2.99. The third-order valence-corrected chi connectivity index (χ3v) is 3.79. The van der Waals surface area contributed by atoms with Crippen molar-refractivity contribution in [2.75, 3.05) is 11.9 Å². The number of benzene rings is 2. The Kier molecular flexibility index (Phi) is 4.00. The number of nitrogens with one attached hydrogen (secondary N) is 1. The molecule has 0 saturated carbocycles. The highest BCUT2D eigenvalue weighted by Crippen LogP contribution is 2.31. The summed E-state index contributed by atoms with van der Waals surface area (Å²) < 4.78 is 11.3. The van der Waals surface area contributed by atoms with Crippen LogP contribution in [-0.2, 0) is 11.2 Å². The van der Waals surface area contributed by atoms with Gasteiger partial charge >= 0.3 is 0 Å². The van der Waals surface area contributed by atoms with Gasteiger partial charge in [-0.05, 0) is 36.6 Å². The van der Waals surface area contributed by atoms with Crippen LogP contribution in [0, 0.1) is 6.92 Å². The maximum Gasteiger partial charge on any atom is 0.269 e. The first kappa shape index (κ1) is 14.4. The van der Waals surface area contributed by atoms with E-state index < -0.39 is 6.10 Å². The maximum absolute atomic E-state index is 12.5. The van der Waals surface area contributed by atoms with E-state index in [0.29, 0.717) is 11.5 Å². The number of amides is 1. The van der Waals surface area contributed by atoms with Gasteiger partial charge in [0.2, 0.25) is 6.10 Å². The van der Waals surface area contributed by atoms with Gasteiger partial charge in [0.25, 0.3) is 5.91 Å². The van der Waals surface area contributed by atoms with Crippen molar-refractivity contribution in [1.82, 2.24) is 0 Å². The molecule has 22 heavy (non-hydrogen) atoms. The number of para-hydroxylation sites is 3. The van der Waals surface area contributed by atoms with Crippen molar-refractivity contribution >= 4 is 11.6 Å². The minimum absolute atomic E-state index is 0.182. The molecule has 0 aromatic heterocycles. The number of hydrogen-bond donors (Lipinski definition) is 1. The predicted molar refractivity (Wildman–Crippen MR) is 85.5 cm³/mol. The van der Waals surface area contributed by atoms with Gasteiger partial charge in [-0.15, -0.1) is 0 Å². The topological polar surface area (TPSA) is 47.6 Å². The number of hydrogen-bond acceptors (Lipinski definition) is 3. The molecule has 2 aromatic carbocycles. The Hall–Kier alpha value is -2.49. The summed E-state index contributed by atoms with van der Waals surface area (Å²) in [5.74, 6) is 1.10. The smallest absolute Gasteiger partial charge is 0.269 e. The van der Waals surface area contributed by atoms with Gasteiger partial charge in [0.15, 0.2) is 11.5 Å². The third kappa shape index (κ3) is 2.77. The van der Waals surface area contributed by atoms with E-state index in [1.807, 2.05) is 43.3 Å². The van der Waals surface area contributed by atoms with Crippen molar-refractivity contribution in [3.8, 4) is 11.5 Å². The summed E-state index contributed by atoms with van der Waals surface area (Å²) >= 11 is 0. The average molecular weight is 297 g/mol. The van der Waals surface area contributed by atoms with E-state index in [0.717, 1.165) is 23.2 Å². The first-order valence-corrected chi connectivity index (χ1v) is 7.47. The van der Waals surface area contributed by atoms with Crippen molar-refractivity contribution in [2.24, 2.45) is 0 Å². The van der Waals surface area contributed by atoms with Crippen molar-refractivity contribution in [3.05, 3.63) is 53.6 Å². The Morgan fingerprint density at radius 1 is 1.18 bits per heavy atom. The molecule has 1 atom stereocenters. The molecule has 0 bridgehead atoms. The number of aryl methyl sites for hydroxylation is 2.